The Morgan fingerprint density at radius 2 is 2.21 bits per heavy atom. The van der Waals surface area contributed by atoms with E-state index >= 15 is 0 Å². The molecule has 2 aliphatic rings. The van der Waals surface area contributed by atoms with Crippen LogP contribution in [0.5, 0.6) is 0 Å². The smallest absolute Gasteiger partial charge is 0.0686 e. The van der Waals surface area contributed by atoms with Crippen LogP contribution in [0.15, 0.2) is 12.1 Å². The summed E-state index contributed by atoms with van der Waals surface area (Å²) in [4.78, 5) is 2.82. The molecule has 2 unspecified atom stereocenters. The number of thiophene rings is 1. The molecule has 1 aliphatic carbocycles. The highest BCUT2D eigenvalue weighted by Gasteiger charge is 2.41. The molecule has 1 aromatic heterocycles. The van der Waals surface area contributed by atoms with E-state index in [1.165, 1.54) is 41.9 Å². The van der Waals surface area contributed by atoms with Crippen LogP contribution in [0.1, 0.15) is 61.2 Å². The van der Waals surface area contributed by atoms with Crippen molar-refractivity contribution in [3.63, 3.8) is 0 Å². The van der Waals surface area contributed by atoms with Crippen LogP contribution in [0.2, 0.25) is 0 Å². The van der Waals surface area contributed by atoms with Crippen LogP contribution >= 0.6 is 11.3 Å². The molecule has 1 aromatic rings. The molecular formula is C16H25NOS. The van der Waals surface area contributed by atoms with E-state index in [-0.39, 0.29) is 11.6 Å². The summed E-state index contributed by atoms with van der Waals surface area (Å²) in [6, 6.07) is 4.70. The van der Waals surface area contributed by atoms with Crippen molar-refractivity contribution < 1.29 is 4.74 Å². The number of nitrogens with two attached hydrogens (primary N) is 1. The first-order valence-corrected chi connectivity index (χ1v) is 8.52. The summed E-state index contributed by atoms with van der Waals surface area (Å²) in [5.74, 6) is 0.607. The Bertz CT molecular complexity index is 422. The fourth-order valence-electron chi connectivity index (χ4n) is 3.74. The standard InChI is InChI=1S/C16H25NOS/c1-2-13-5-6-14(19-13)15(17)12-7-10-18-16(11-12)8-3-4-9-16/h5-6,12,15H,2-4,7-11,17H2,1H3. The summed E-state index contributed by atoms with van der Waals surface area (Å²) in [6.07, 6.45) is 8.59. The van der Waals surface area contributed by atoms with Gasteiger partial charge in [0.15, 0.2) is 0 Å². The van der Waals surface area contributed by atoms with Crippen LogP contribution in [0.25, 0.3) is 0 Å². The van der Waals surface area contributed by atoms with Gasteiger partial charge in [-0.2, -0.15) is 0 Å². The maximum Gasteiger partial charge on any atom is 0.0686 e. The third kappa shape index (κ3) is 2.74. The van der Waals surface area contributed by atoms with Crippen LogP contribution in [-0.4, -0.2) is 12.2 Å². The Kier molecular flexibility index (Phi) is 3.97. The summed E-state index contributed by atoms with van der Waals surface area (Å²) in [7, 11) is 0. The van der Waals surface area contributed by atoms with E-state index < -0.39 is 0 Å². The molecule has 1 saturated carbocycles. The SMILES string of the molecule is CCc1ccc(C(N)C2CCOC3(CCCC3)C2)s1. The molecule has 1 saturated heterocycles. The molecule has 0 radical (unpaired) electrons. The van der Waals surface area contributed by atoms with Crippen LogP contribution in [0, 0.1) is 5.92 Å². The highest BCUT2D eigenvalue weighted by molar-refractivity contribution is 7.12. The molecule has 2 atom stereocenters. The Hall–Kier alpha value is -0.380. The lowest BCUT2D eigenvalue weighted by Gasteiger charge is -2.40. The summed E-state index contributed by atoms with van der Waals surface area (Å²) < 4.78 is 6.12. The second-order valence-corrected chi connectivity index (χ2v) is 7.37. The van der Waals surface area contributed by atoms with Crippen molar-refractivity contribution in [1.29, 1.82) is 0 Å². The van der Waals surface area contributed by atoms with Crippen molar-refractivity contribution in [2.45, 2.75) is 63.5 Å². The van der Waals surface area contributed by atoms with Gasteiger partial charge in [-0.25, -0.2) is 0 Å². The van der Waals surface area contributed by atoms with E-state index in [0.717, 1.165) is 19.4 Å². The predicted molar refractivity (Wildman–Crippen MR) is 80.5 cm³/mol. The van der Waals surface area contributed by atoms with E-state index in [2.05, 4.69) is 19.1 Å². The van der Waals surface area contributed by atoms with Gasteiger partial charge in [-0.1, -0.05) is 19.8 Å². The highest BCUT2D eigenvalue weighted by Crippen LogP contribution is 2.45. The second kappa shape index (κ2) is 5.55. The number of rotatable bonds is 3. The van der Waals surface area contributed by atoms with Gasteiger partial charge in [0, 0.05) is 22.4 Å². The van der Waals surface area contributed by atoms with E-state index in [1.54, 1.807) is 0 Å². The summed E-state index contributed by atoms with van der Waals surface area (Å²) in [5.41, 5.74) is 6.73. The largest absolute Gasteiger partial charge is 0.375 e. The molecule has 106 valence electrons. The van der Waals surface area contributed by atoms with Gasteiger partial charge < -0.3 is 10.5 Å². The van der Waals surface area contributed by atoms with Gasteiger partial charge in [0.1, 0.15) is 0 Å². The number of aryl methyl sites for hydroxylation is 1. The Morgan fingerprint density at radius 3 is 2.89 bits per heavy atom. The van der Waals surface area contributed by atoms with Gasteiger partial charge in [0.05, 0.1) is 5.60 Å². The van der Waals surface area contributed by atoms with Gasteiger partial charge in [0.2, 0.25) is 0 Å². The quantitative estimate of drug-likeness (QED) is 0.906. The van der Waals surface area contributed by atoms with Gasteiger partial charge in [-0.05, 0) is 50.2 Å². The molecule has 2 fully saturated rings. The zero-order chi connectivity index (χ0) is 13.3. The lowest BCUT2D eigenvalue weighted by molar-refractivity contribution is -0.0962. The molecule has 3 heteroatoms. The minimum absolute atomic E-state index is 0.186. The van der Waals surface area contributed by atoms with Gasteiger partial charge in [0.25, 0.3) is 0 Å². The third-order valence-corrected chi connectivity index (χ3v) is 6.24. The van der Waals surface area contributed by atoms with Crippen LogP contribution in [0.3, 0.4) is 0 Å². The molecular weight excluding hydrogens is 254 g/mol. The Balaban J connectivity index is 1.70. The molecule has 0 bridgehead atoms. The van der Waals surface area contributed by atoms with Crippen molar-refractivity contribution in [3.8, 4) is 0 Å². The zero-order valence-corrected chi connectivity index (χ0v) is 12.7. The normalized spacial score (nSPS) is 27.8. The first-order chi connectivity index (χ1) is 9.22. The minimum atomic E-state index is 0.186. The minimum Gasteiger partial charge on any atom is -0.375 e. The van der Waals surface area contributed by atoms with Crippen molar-refractivity contribution in [2.24, 2.45) is 11.7 Å². The average Bonchev–Trinajstić information content (AvgIpc) is 3.07. The topological polar surface area (TPSA) is 35.2 Å². The third-order valence-electron chi connectivity index (χ3n) is 4.91. The summed E-state index contributed by atoms with van der Waals surface area (Å²) >= 11 is 1.90. The summed E-state index contributed by atoms with van der Waals surface area (Å²) in [6.45, 7) is 3.12. The van der Waals surface area contributed by atoms with E-state index in [4.69, 9.17) is 10.5 Å². The van der Waals surface area contributed by atoms with Crippen LogP contribution in [0.4, 0.5) is 0 Å². The van der Waals surface area contributed by atoms with E-state index in [9.17, 15) is 0 Å². The summed E-state index contributed by atoms with van der Waals surface area (Å²) in [5, 5.41) is 0. The van der Waals surface area contributed by atoms with E-state index in [1.807, 2.05) is 11.3 Å². The lowest BCUT2D eigenvalue weighted by Crippen LogP contribution is -2.40. The maximum absolute atomic E-state index is 6.54. The fraction of sp³-hybridized carbons (Fsp3) is 0.750. The Morgan fingerprint density at radius 1 is 1.42 bits per heavy atom. The molecule has 3 rings (SSSR count). The first kappa shape index (κ1) is 13.6. The molecule has 2 heterocycles. The molecule has 19 heavy (non-hydrogen) atoms. The highest BCUT2D eigenvalue weighted by atomic mass is 32.1. The van der Waals surface area contributed by atoms with Crippen molar-refractivity contribution in [2.75, 3.05) is 6.61 Å². The fourth-order valence-corrected chi connectivity index (χ4v) is 4.78. The van der Waals surface area contributed by atoms with Crippen molar-refractivity contribution >= 4 is 11.3 Å². The molecule has 2 N–H and O–H groups in total. The average molecular weight is 279 g/mol. The maximum atomic E-state index is 6.54. The van der Waals surface area contributed by atoms with Crippen LogP contribution < -0.4 is 5.73 Å². The van der Waals surface area contributed by atoms with Gasteiger partial charge in [-0.3, -0.25) is 0 Å². The molecule has 0 amide bonds. The van der Waals surface area contributed by atoms with Gasteiger partial charge >= 0.3 is 0 Å². The molecule has 0 aromatic carbocycles. The number of hydrogen-bond acceptors (Lipinski definition) is 3. The van der Waals surface area contributed by atoms with Crippen molar-refractivity contribution in [3.05, 3.63) is 21.9 Å². The van der Waals surface area contributed by atoms with Crippen molar-refractivity contribution in [1.82, 2.24) is 0 Å². The monoisotopic (exact) mass is 279 g/mol. The molecule has 1 aliphatic heterocycles. The number of hydrogen-bond donors (Lipinski definition) is 1. The Labute approximate surface area is 120 Å². The molecule has 2 nitrogen and oxygen atoms in total. The second-order valence-electron chi connectivity index (χ2n) is 6.17. The van der Waals surface area contributed by atoms with Crippen LogP contribution in [-0.2, 0) is 11.2 Å². The lowest BCUT2D eigenvalue weighted by atomic mass is 9.80. The predicted octanol–water partition coefficient (Wildman–Crippen LogP) is 4.05. The first-order valence-electron chi connectivity index (χ1n) is 7.70. The van der Waals surface area contributed by atoms with Gasteiger partial charge in [-0.15, -0.1) is 11.3 Å². The zero-order valence-electron chi connectivity index (χ0n) is 11.9. The number of ether oxygens (including phenoxy) is 1. The molecule has 1 spiro atoms. The van der Waals surface area contributed by atoms with E-state index in [0.29, 0.717) is 5.92 Å².